The van der Waals surface area contributed by atoms with Crippen LogP contribution in [0.5, 0.6) is 0 Å². The molecule has 0 heterocycles. The quantitative estimate of drug-likeness (QED) is 0.453. The number of unbranched alkanes of at least 4 members (excludes halogenated alkanes) is 3. The van der Waals surface area contributed by atoms with Gasteiger partial charge >= 0.3 is 0 Å². The first-order chi connectivity index (χ1) is 7.84. The topological polar surface area (TPSA) is 17.1 Å². The molecule has 0 aliphatic heterocycles. The number of hydrogen-bond acceptors (Lipinski definition) is 1. The molecule has 0 atom stereocenters. The summed E-state index contributed by atoms with van der Waals surface area (Å²) in [6.45, 7) is 3.70. The fraction of sp³-hybridized carbons (Fsp3) is 0.667. The Morgan fingerprint density at radius 1 is 1.25 bits per heavy atom. The molecule has 0 aromatic rings. The van der Waals surface area contributed by atoms with Gasteiger partial charge in [0.15, 0.2) is 5.78 Å². The number of carbonyl (C=O) groups is 1. The molecule has 1 heteroatoms. The number of hydrogen-bond donors (Lipinski definition) is 0. The Labute approximate surface area is 99.6 Å². The lowest BCUT2D eigenvalue weighted by Gasteiger charge is -2.04. The Hall–Kier alpha value is -0.850. The Bertz CT molecular complexity index is 250. The summed E-state index contributed by atoms with van der Waals surface area (Å²) in [5, 5.41) is 0. The average Bonchev–Trinajstić information content (AvgIpc) is 2.57. The molecule has 0 amide bonds. The van der Waals surface area contributed by atoms with E-state index in [0.717, 1.165) is 44.1 Å². The van der Waals surface area contributed by atoms with Crippen LogP contribution in [0.1, 0.15) is 64.2 Å². The zero-order valence-electron chi connectivity index (χ0n) is 10.3. The van der Waals surface area contributed by atoms with E-state index in [1.165, 1.54) is 25.7 Å². The monoisotopic (exact) mass is 220 g/mol. The second-order valence-corrected chi connectivity index (χ2v) is 4.64. The van der Waals surface area contributed by atoms with Crippen LogP contribution in [0.3, 0.4) is 0 Å². The van der Waals surface area contributed by atoms with E-state index in [9.17, 15) is 4.79 Å². The largest absolute Gasteiger partial charge is 0.295 e. The minimum Gasteiger partial charge on any atom is -0.295 e. The van der Waals surface area contributed by atoms with E-state index in [-0.39, 0.29) is 0 Å². The van der Waals surface area contributed by atoms with Gasteiger partial charge in [0, 0.05) is 6.42 Å². The molecular formula is C15H24O. The summed E-state index contributed by atoms with van der Waals surface area (Å²) < 4.78 is 0. The number of rotatable bonds is 7. The van der Waals surface area contributed by atoms with Crippen molar-refractivity contribution in [3.63, 3.8) is 0 Å². The summed E-state index contributed by atoms with van der Waals surface area (Å²) in [7, 11) is 0. The van der Waals surface area contributed by atoms with Crippen molar-refractivity contribution in [2.75, 3.05) is 0 Å². The third-order valence-corrected chi connectivity index (χ3v) is 3.21. The van der Waals surface area contributed by atoms with E-state index in [2.05, 4.69) is 12.7 Å². The molecule has 0 radical (unpaired) electrons. The predicted molar refractivity (Wildman–Crippen MR) is 69.5 cm³/mol. The molecule has 0 saturated heterocycles. The van der Waals surface area contributed by atoms with Crippen molar-refractivity contribution in [2.45, 2.75) is 64.2 Å². The fourth-order valence-electron chi connectivity index (χ4n) is 2.18. The summed E-state index contributed by atoms with van der Waals surface area (Å²) in [4.78, 5) is 11.9. The van der Waals surface area contributed by atoms with Crippen LogP contribution in [0.15, 0.2) is 24.3 Å². The van der Waals surface area contributed by atoms with Gasteiger partial charge in [0.25, 0.3) is 0 Å². The first-order valence-corrected chi connectivity index (χ1v) is 6.67. The first-order valence-electron chi connectivity index (χ1n) is 6.67. The minimum atomic E-state index is 0.403. The fourth-order valence-corrected chi connectivity index (χ4v) is 2.18. The number of Topliss-reactive ketones (excluding diaryl/α,β-unsaturated/α-hetero) is 1. The summed E-state index contributed by atoms with van der Waals surface area (Å²) in [6.07, 6.45) is 15.2. The molecule has 1 aliphatic carbocycles. The van der Waals surface area contributed by atoms with Crippen molar-refractivity contribution < 1.29 is 4.79 Å². The van der Waals surface area contributed by atoms with Crippen LogP contribution < -0.4 is 0 Å². The lowest BCUT2D eigenvalue weighted by Crippen LogP contribution is -2.02. The van der Waals surface area contributed by atoms with Gasteiger partial charge in [-0.1, -0.05) is 25.0 Å². The van der Waals surface area contributed by atoms with Gasteiger partial charge in [0.2, 0.25) is 0 Å². The second kappa shape index (κ2) is 8.32. The molecule has 0 N–H and O–H groups in total. The van der Waals surface area contributed by atoms with E-state index in [1.54, 1.807) is 0 Å². The van der Waals surface area contributed by atoms with Crippen LogP contribution in [-0.2, 0) is 4.79 Å². The molecule has 1 nitrogen and oxygen atoms in total. The zero-order chi connectivity index (χ0) is 11.6. The first kappa shape index (κ1) is 13.2. The van der Waals surface area contributed by atoms with E-state index in [4.69, 9.17) is 0 Å². The normalized spacial score (nSPS) is 16.4. The highest BCUT2D eigenvalue weighted by Gasteiger charge is 2.10. The highest BCUT2D eigenvalue weighted by Crippen LogP contribution is 2.19. The molecule has 0 unspecified atom stereocenters. The van der Waals surface area contributed by atoms with Gasteiger partial charge in [-0.05, 0) is 50.5 Å². The van der Waals surface area contributed by atoms with Crippen LogP contribution in [-0.4, -0.2) is 5.78 Å². The lowest BCUT2D eigenvalue weighted by molar-refractivity contribution is -0.115. The zero-order valence-corrected chi connectivity index (χ0v) is 10.3. The van der Waals surface area contributed by atoms with E-state index < -0.39 is 0 Å². The van der Waals surface area contributed by atoms with E-state index >= 15 is 0 Å². The maximum atomic E-state index is 11.9. The average molecular weight is 220 g/mol. The smallest absolute Gasteiger partial charge is 0.158 e. The van der Waals surface area contributed by atoms with Crippen LogP contribution in [0.4, 0.5) is 0 Å². The maximum absolute atomic E-state index is 11.9. The third kappa shape index (κ3) is 5.29. The molecule has 0 bridgehead atoms. The van der Waals surface area contributed by atoms with E-state index in [0.29, 0.717) is 5.78 Å². The van der Waals surface area contributed by atoms with Gasteiger partial charge in [0.05, 0.1) is 0 Å². The lowest BCUT2D eigenvalue weighted by atomic mass is 10.0. The molecule has 1 rings (SSSR count). The van der Waals surface area contributed by atoms with Crippen molar-refractivity contribution in [2.24, 2.45) is 0 Å². The molecule has 90 valence electrons. The van der Waals surface area contributed by atoms with Crippen molar-refractivity contribution in [1.82, 2.24) is 0 Å². The number of carbonyl (C=O) groups excluding carboxylic acids is 1. The van der Waals surface area contributed by atoms with Gasteiger partial charge in [0.1, 0.15) is 0 Å². The highest BCUT2D eigenvalue weighted by atomic mass is 16.1. The minimum absolute atomic E-state index is 0.403. The number of allylic oxidation sites excluding steroid dienone is 3. The summed E-state index contributed by atoms with van der Waals surface area (Å²) >= 11 is 0. The molecule has 0 aromatic heterocycles. The summed E-state index contributed by atoms with van der Waals surface area (Å²) in [5.74, 6) is 0.403. The molecule has 0 fully saturated rings. The summed E-state index contributed by atoms with van der Waals surface area (Å²) in [5.41, 5.74) is 1.11. The molecular weight excluding hydrogens is 196 g/mol. The van der Waals surface area contributed by atoms with E-state index in [1.807, 2.05) is 6.08 Å². The third-order valence-electron chi connectivity index (χ3n) is 3.21. The standard InChI is InChI=1S/C15H24O/c1-2-3-4-5-10-13-15(16)14-11-8-6-7-9-12-14/h2,11H,1,3-10,12-13H2. The van der Waals surface area contributed by atoms with Crippen molar-refractivity contribution in [1.29, 1.82) is 0 Å². The molecule has 1 aliphatic rings. The Balaban J connectivity index is 2.18. The van der Waals surface area contributed by atoms with Crippen molar-refractivity contribution >= 4 is 5.78 Å². The molecule has 16 heavy (non-hydrogen) atoms. The summed E-state index contributed by atoms with van der Waals surface area (Å²) in [6, 6.07) is 0. The SMILES string of the molecule is C=CCCCCCC(=O)C1=CCCCCC1. The Kier molecular flexibility index (Phi) is 6.87. The van der Waals surface area contributed by atoms with Crippen molar-refractivity contribution in [3.05, 3.63) is 24.3 Å². The van der Waals surface area contributed by atoms with Crippen LogP contribution in [0.2, 0.25) is 0 Å². The van der Waals surface area contributed by atoms with Crippen LogP contribution >= 0.6 is 0 Å². The second-order valence-electron chi connectivity index (χ2n) is 4.64. The van der Waals surface area contributed by atoms with Gasteiger partial charge in [-0.2, -0.15) is 0 Å². The van der Waals surface area contributed by atoms with Gasteiger partial charge in [-0.25, -0.2) is 0 Å². The van der Waals surface area contributed by atoms with Gasteiger partial charge in [-0.3, -0.25) is 4.79 Å². The van der Waals surface area contributed by atoms with Gasteiger partial charge < -0.3 is 0 Å². The maximum Gasteiger partial charge on any atom is 0.158 e. The van der Waals surface area contributed by atoms with Crippen molar-refractivity contribution in [3.8, 4) is 0 Å². The Morgan fingerprint density at radius 2 is 2.12 bits per heavy atom. The predicted octanol–water partition coefficient (Wildman–Crippen LogP) is 4.58. The van der Waals surface area contributed by atoms with Gasteiger partial charge in [-0.15, -0.1) is 6.58 Å². The molecule has 0 saturated carbocycles. The Morgan fingerprint density at radius 3 is 2.94 bits per heavy atom. The highest BCUT2D eigenvalue weighted by molar-refractivity contribution is 5.95. The van der Waals surface area contributed by atoms with Crippen LogP contribution in [0.25, 0.3) is 0 Å². The molecule has 0 aromatic carbocycles. The van der Waals surface area contributed by atoms with Crippen LogP contribution in [0, 0.1) is 0 Å². The molecule has 0 spiro atoms. The number of ketones is 1.